The fourth-order valence-corrected chi connectivity index (χ4v) is 3.28. The SMILES string of the molecule is Cc1sc(C(=O)NCC(C)(C)c2cccc(C(F)(F)F)c2)cc1[N+](=O)[O-]. The van der Waals surface area contributed by atoms with E-state index in [1.54, 1.807) is 26.8 Å². The van der Waals surface area contributed by atoms with Crippen LogP contribution in [0.2, 0.25) is 0 Å². The van der Waals surface area contributed by atoms with Gasteiger partial charge in [-0.3, -0.25) is 14.9 Å². The molecule has 0 radical (unpaired) electrons. The van der Waals surface area contributed by atoms with Crippen molar-refractivity contribution in [1.82, 2.24) is 5.32 Å². The summed E-state index contributed by atoms with van der Waals surface area (Å²) < 4.78 is 38.6. The molecular weight excluding hydrogens is 369 g/mol. The molecule has 0 atom stereocenters. The number of aryl methyl sites for hydroxylation is 1. The zero-order chi connectivity index (χ0) is 19.7. The third-order valence-electron chi connectivity index (χ3n) is 3.97. The van der Waals surface area contributed by atoms with Crippen LogP contribution in [0.25, 0.3) is 0 Å². The number of carbonyl (C=O) groups excluding carboxylic acids is 1. The lowest BCUT2D eigenvalue weighted by Crippen LogP contribution is -2.36. The van der Waals surface area contributed by atoms with Gasteiger partial charge in [-0.2, -0.15) is 13.2 Å². The molecule has 0 aliphatic carbocycles. The summed E-state index contributed by atoms with van der Waals surface area (Å²) in [7, 11) is 0. The zero-order valence-electron chi connectivity index (χ0n) is 14.3. The van der Waals surface area contributed by atoms with E-state index in [9.17, 15) is 28.1 Å². The number of nitrogens with one attached hydrogen (secondary N) is 1. The van der Waals surface area contributed by atoms with Crippen molar-refractivity contribution in [3.63, 3.8) is 0 Å². The van der Waals surface area contributed by atoms with E-state index in [4.69, 9.17) is 0 Å². The molecule has 0 aliphatic heterocycles. The van der Waals surface area contributed by atoms with Crippen LogP contribution in [0.15, 0.2) is 30.3 Å². The number of nitrogens with zero attached hydrogens (tertiary/aromatic N) is 1. The fraction of sp³-hybridized carbons (Fsp3) is 0.353. The summed E-state index contributed by atoms with van der Waals surface area (Å²) in [5.74, 6) is -0.494. The number of hydrogen-bond acceptors (Lipinski definition) is 4. The second-order valence-corrected chi connectivity index (χ2v) is 7.71. The van der Waals surface area contributed by atoms with Crippen molar-refractivity contribution in [3.05, 3.63) is 61.3 Å². The van der Waals surface area contributed by atoms with E-state index in [-0.39, 0.29) is 17.1 Å². The van der Waals surface area contributed by atoms with Gasteiger partial charge in [-0.05, 0) is 18.6 Å². The second-order valence-electron chi connectivity index (χ2n) is 6.45. The summed E-state index contributed by atoms with van der Waals surface area (Å²) in [6, 6.07) is 6.15. The second kappa shape index (κ2) is 7.06. The molecule has 0 unspecified atom stereocenters. The van der Waals surface area contributed by atoms with E-state index in [1.165, 1.54) is 12.1 Å². The van der Waals surface area contributed by atoms with Gasteiger partial charge in [0.15, 0.2) is 0 Å². The van der Waals surface area contributed by atoms with Crippen molar-refractivity contribution in [2.24, 2.45) is 0 Å². The first-order valence-corrected chi connectivity index (χ1v) is 8.44. The molecule has 9 heteroatoms. The van der Waals surface area contributed by atoms with Crippen LogP contribution in [-0.4, -0.2) is 17.4 Å². The van der Waals surface area contributed by atoms with Gasteiger partial charge in [0.2, 0.25) is 0 Å². The minimum absolute atomic E-state index is 0.0812. The maximum absolute atomic E-state index is 12.9. The lowest BCUT2D eigenvalue weighted by Gasteiger charge is -2.26. The molecule has 0 spiro atoms. The monoisotopic (exact) mass is 386 g/mol. The molecule has 1 N–H and O–H groups in total. The van der Waals surface area contributed by atoms with Gasteiger partial charge in [-0.1, -0.05) is 32.0 Å². The highest BCUT2D eigenvalue weighted by Crippen LogP contribution is 2.33. The van der Waals surface area contributed by atoms with Crippen LogP contribution in [0.5, 0.6) is 0 Å². The fourth-order valence-electron chi connectivity index (χ4n) is 2.37. The van der Waals surface area contributed by atoms with E-state index >= 15 is 0 Å². The van der Waals surface area contributed by atoms with E-state index in [2.05, 4.69) is 5.32 Å². The first-order valence-electron chi connectivity index (χ1n) is 7.62. The highest BCUT2D eigenvalue weighted by atomic mass is 32.1. The molecule has 5 nitrogen and oxygen atoms in total. The van der Waals surface area contributed by atoms with Gasteiger partial charge in [-0.15, -0.1) is 11.3 Å². The van der Waals surface area contributed by atoms with Gasteiger partial charge < -0.3 is 5.32 Å². The Kier molecular flexibility index (Phi) is 5.41. The highest BCUT2D eigenvalue weighted by molar-refractivity contribution is 7.14. The van der Waals surface area contributed by atoms with Crippen LogP contribution in [0.1, 0.15) is 39.5 Å². The van der Waals surface area contributed by atoms with Crippen LogP contribution < -0.4 is 5.32 Å². The van der Waals surface area contributed by atoms with E-state index < -0.39 is 28.0 Å². The summed E-state index contributed by atoms with van der Waals surface area (Å²) in [5, 5.41) is 13.5. The number of hydrogen-bond donors (Lipinski definition) is 1. The molecule has 0 saturated carbocycles. The quantitative estimate of drug-likeness (QED) is 0.598. The number of thiophene rings is 1. The number of nitro groups is 1. The molecule has 26 heavy (non-hydrogen) atoms. The maximum Gasteiger partial charge on any atom is 0.416 e. The van der Waals surface area contributed by atoms with Crippen molar-refractivity contribution in [1.29, 1.82) is 0 Å². The number of halogens is 3. The Morgan fingerprint density at radius 3 is 2.38 bits per heavy atom. The first kappa shape index (κ1) is 19.9. The Balaban J connectivity index is 2.14. The summed E-state index contributed by atoms with van der Waals surface area (Å²) in [6.07, 6.45) is -4.44. The number of rotatable bonds is 5. The Hall–Kier alpha value is -2.42. The van der Waals surface area contributed by atoms with Crippen molar-refractivity contribution in [3.8, 4) is 0 Å². The van der Waals surface area contributed by atoms with Crippen LogP contribution in [-0.2, 0) is 11.6 Å². The van der Waals surface area contributed by atoms with E-state index in [0.717, 1.165) is 23.5 Å². The summed E-state index contributed by atoms with van der Waals surface area (Å²) in [4.78, 5) is 23.1. The summed E-state index contributed by atoms with van der Waals surface area (Å²) >= 11 is 1.00. The van der Waals surface area contributed by atoms with Crippen molar-refractivity contribution in [2.45, 2.75) is 32.4 Å². The Labute approximate surface area is 152 Å². The third kappa shape index (κ3) is 4.40. The number of carbonyl (C=O) groups is 1. The lowest BCUT2D eigenvalue weighted by atomic mass is 9.83. The van der Waals surface area contributed by atoms with E-state index in [0.29, 0.717) is 10.4 Å². The van der Waals surface area contributed by atoms with Crippen LogP contribution in [0.3, 0.4) is 0 Å². The Morgan fingerprint density at radius 2 is 1.85 bits per heavy atom. The highest BCUT2D eigenvalue weighted by Gasteiger charge is 2.32. The summed E-state index contributed by atoms with van der Waals surface area (Å²) in [6.45, 7) is 5.06. The minimum atomic E-state index is -4.44. The van der Waals surface area contributed by atoms with Crippen LogP contribution >= 0.6 is 11.3 Å². The van der Waals surface area contributed by atoms with Crippen molar-refractivity contribution >= 4 is 22.9 Å². The summed E-state index contributed by atoms with van der Waals surface area (Å²) in [5.41, 5.74) is -1.20. The molecule has 0 bridgehead atoms. The van der Waals surface area contributed by atoms with Gasteiger partial charge in [-0.25, -0.2) is 0 Å². The van der Waals surface area contributed by atoms with E-state index in [1.807, 2.05) is 0 Å². The predicted molar refractivity (Wildman–Crippen MR) is 92.5 cm³/mol. The lowest BCUT2D eigenvalue weighted by molar-refractivity contribution is -0.385. The number of alkyl halides is 3. The van der Waals surface area contributed by atoms with Gasteiger partial charge in [0, 0.05) is 18.0 Å². The maximum atomic E-state index is 12.9. The molecule has 2 aromatic rings. The first-order chi connectivity index (χ1) is 11.9. The largest absolute Gasteiger partial charge is 0.416 e. The molecule has 1 aromatic carbocycles. The van der Waals surface area contributed by atoms with Crippen LogP contribution in [0, 0.1) is 17.0 Å². The van der Waals surface area contributed by atoms with Crippen molar-refractivity contribution < 1.29 is 22.9 Å². The molecule has 0 fully saturated rings. The number of amides is 1. The standard InChI is InChI=1S/C17H17F3N2O3S/c1-10-13(22(24)25)8-14(26-10)15(23)21-9-16(2,3)11-5-4-6-12(7-11)17(18,19)20/h4-8H,9H2,1-3H3,(H,21,23). The van der Waals surface area contributed by atoms with Gasteiger partial charge in [0.05, 0.1) is 20.2 Å². The topological polar surface area (TPSA) is 72.2 Å². The average Bonchev–Trinajstić information content (AvgIpc) is 2.94. The zero-order valence-corrected chi connectivity index (χ0v) is 15.1. The number of benzene rings is 1. The molecule has 1 aromatic heterocycles. The van der Waals surface area contributed by atoms with Gasteiger partial charge in [0.1, 0.15) is 0 Å². The molecule has 1 amide bonds. The average molecular weight is 386 g/mol. The molecular formula is C17H17F3N2O3S. The van der Waals surface area contributed by atoms with Crippen LogP contribution in [0.4, 0.5) is 18.9 Å². The Bertz CT molecular complexity index is 844. The van der Waals surface area contributed by atoms with Gasteiger partial charge in [0.25, 0.3) is 11.6 Å². The molecule has 0 saturated heterocycles. The molecule has 2 rings (SSSR count). The van der Waals surface area contributed by atoms with Crippen molar-refractivity contribution in [2.75, 3.05) is 6.54 Å². The minimum Gasteiger partial charge on any atom is -0.350 e. The third-order valence-corrected chi connectivity index (χ3v) is 5.01. The van der Waals surface area contributed by atoms with Gasteiger partial charge >= 0.3 is 6.18 Å². The predicted octanol–water partition coefficient (Wildman–Crippen LogP) is 4.69. The normalized spacial score (nSPS) is 12.1. The smallest absolute Gasteiger partial charge is 0.350 e. The Morgan fingerprint density at radius 1 is 1.23 bits per heavy atom. The molecule has 0 aliphatic rings. The molecule has 140 valence electrons. The molecule has 1 heterocycles.